The average Bonchev–Trinajstić information content (AvgIpc) is 3.78. The standard InChI is InChI=1S/C58H59N4O.Pt/c1-55(2,3)39-25-28-49-52(33-39)60(37-61(49)50-24-18-22-47(58(10,11)12)54(50)38-19-14-13-15-20-38)42-31-41(57(7,8)9)32-44(35-42)63-43-26-27-46-45-21-16-17-23-48(45)62(51(46)36-43)53-34-40(29-30-59-53)56(4,5)6;/h13-34,37H,1-12H3;/q-3;. The van der Waals surface area contributed by atoms with E-state index in [9.17, 15) is 0 Å². The van der Waals surface area contributed by atoms with Crippen molar-refractivity contribution in [3.05, 3.63) is 175 Å². The van der Waals surface area contributed by atoms with Crippen LogP contribution in [0.15, 0.2) is 134 Å². The molecule has 0 saturated heterocycles. The van der Waals surface area contributed by atoms with Crippen LogP contribution >= 0.6 is 0 Å². The summed E-state index contributed by atoms with van der Waals surface area (Å²) >= 11 is 0. The van der Waals surface area contributed by atoms with Crippen LogP contribution in [0.1, 0.15) is 105 Å². The Morgan fingerprint density at radius 3 is 1.91 bits per heavy atom. The zero-order chi connectivity index (χ0) is 44.6. The van der Waals surface area contributed by atoms with Crippen molar-refractivity contribution in [3.63, 3.8) is 0 Å². The molecule has 9 rings (SSSR count). The minimum Gasteiger partial charge on any atom is -0.509 e. The molecule has 1 aliphatic heterocycles. The molecule has 0 aliphatic carbocycles. The van der Waals surface area contributed by atoms with Crippen molar-refractivity contribution in [2.45, 2.75) is 105 Å². The zero-order valence-corrected chi connectivity index (χ0v) is 41.6. The van der Waals surface area contributed by atoms with E-state index in [1.165, 1.54) is 27.8 Å². The molecule has 0 atom stereocenters. The summed E-state index contributed by atoms with van der Waals surface area (Å²) in [4.78, 5) is 9.55. The number of benzene rings is 6. The summed E-state index contributed by atoms with van der Waals surface area (Å²) in [5, 5.41) is 2.24. The van der Waals surface area contributed by atoms with E-state index in [2.05, 4.69) is 238 Å². The van der Waals surface area contributed by atoms with Crippen molar-refractivity contribution in [1.82, 2.24) is 9.55 Å². The Labute approximate surface area is 395 Å². The summed E-state index contributed by atoms with van der Waals surface area (Å²) in [7, 11) is 0. The molecule has 3 heterocycles. The minimum absolute atomic E-state index is 0. The van der Waals surface area contributed by atoms with Crippen LogP contribution in [0.5, 0.6) is 11.5 Å². The molecular formula is C58H59N4OPt-3. The van der Waals surface area contributed by atoms with E-state index < -0.39 is 0 Å². The predicted octanol–water partition coefficient (Wildman–Crippen LogP) is 15.8. The molecule has 0 saturated carbocycles. The van der Waals surface area contributed by atoms with Crippen LogP contribution in [-0.2, 0) is 42.7 Å². The Bertz CT molecular complexity index is 3010. The van der Waals surface area contributed by atoms with E-state index in [0.29, 0.717) is 11.5 Å². The van der Waals surface area contributed by atoms with Gasteiger partial charge in [0.05, 0.1) is 0 Å². The summed E-state index contributed by atoms with van der Waals surface area (Å²) in [6.45, 7) is 29.4. The number of fused-ring (bicyclic) bond motifs is 4. The number of hydrogen-bond donors (Lipinski definition) is 0. The van der Waals surface area contributed by atoms with Gasteiger partial charge in [-0.15, -0.1) is 53.6 Å². The molecule has 0 radical (unpaired) electrons. The van der Waals surface area contributed by atoms with E-state index in [-0.39, 0.29) is 42.7 Å². The summed E-state index contributed by atoms with van der Waals surface area (Å²) in [5.74, 6) is 2.10. The third-order valence-corrected chi connectivity index (χ3v) is 12.3. The fraction of sp³-hybridized carbons (Fsp3) is 0.276. The number of ether oxygens (including phenoxy) is 1. The minimum atomic E-state index is -0.178. The van der Waals surface area contributed by atoms with Crippen LogP contribution < -0.4 is 14.5 Å². The molecule has 0 spiro atoms. The smallest absolute Gasteiger partial charge is 0.135 e. The fourth-order valence-electron chi connectivity index (χ4n) is 8.73. The summed E-state index contributed by atoms with van der Waals surface area (Å²) in [6, 6.07) is 53.3. The third-order valence-electron chi connectivity index (χ3n) is 12.3. The maximum Gasteiger partial charge on any atom is 0.135 e. The topological polar surface area (TPSA) is 33.5 Å². The second-order valence-corrected chi connectivity index (χ2v) is 21.2. The van der Waals surface area contributed by atoms with Gasteiger partial charge in [-0.2, -0.15) is 6.07 Å². The predicted molar refractivity (Wildman–Crippen MR) is 264 cm³/mol. The normalized spacial score (nSPS) is 13.4. The molecule has 0 amide bonds. The summed E-state index contributed by atoms with van der Waals surface area (Å²) in [6.07, 6.45) is 1.91. The summed E-state index contributed by atoms with van der Waals surface area (Å²) in [5.41, 5.74) is 13.2. The van der Waals surface area contributed by atoms with Crippen molar-refractivity contribution in [3.8, 4) is 28.4 Å². The van der Waals surface area contributed by atoms with E-state index in [0.717, 1.165) is 55.9 Å². The van der Waals surface area contributed by atoms with Gasteiger partial charge in [-0.05, 0) is 85.7 Å². The number of para-hydroxylation sites is 1. The molecule has 330 valence electrons. The van der Waals surface area contributed by atoms with Gasteiger partial charge in [-0.3, -0.25) is 0 Å². The van der Waals surface area contributed by atoms with E-state index in [1.807, 2.05) is 12.3 Å². The fourth-order valence-corrected chi connectivity index (χ4v) is 8.73. The van der Waals surface area contributed by atoms with Crippen LogP contribution in [0.2, 0.25) is 0 Å². The number of hydrogen-bond acceptors (Lipinski definition) is 4. The van der Waals surface area contributed by atoms with Gasteiger partial charge in [-0.1, -0.05) is 155 Å². The van der Waals surface area contributed by atoms with Gasteiger partial charge in [0.25, 0.3) is 0 Å². The Kier molecular flexibility index (Phi) is 11.5. The van der Waals surface area contributed by atoms with Crippen molar-refractivity contribution >= 4 is 44.6 Å². The quantitative estimate of drug-likeness (QED) is 0.155. The zero-order valence-electron chi connectivity index (χ0n) is 39.3. The van der Waals surface area contributed by atoms with Crippen LogP contribution in [0.25, 0.3) is 38.8 Å². The number of anilines is 4. The second kappa shape index (κ2) is 16.4. The molecule has 0 fully saturated rings. The first-order chi connectivity index (χ1) is 29.8. The molecule has 8 aromatic rings. The Balaban J connectivity index is 0.00000560. The molecule has 64 heavy (non-hydrogen) atoms. The Morgan fingerprint density at radius 2 is 1.20 bits per heavy atom. The van der Waals surface area contributed by atoms with Crippen molar-refractivity contribution in [1.29, 1.82) is 0 Å². The van der Waals surface area contributed by atoms with Gasteiger partial charge < -0.3 is 19.1 Å². The van der Waals surface area contributed by atoms with Crippen LogP contribution in [-0.4, -0.2) is 9.55 Å². The monoisotopic (exact) mass is 1020 g/mol. The maximum atomic E-state index is 6.90. The van der Waals surface area contributed by atoms with Crippen molar-refractivity contribution < 1.29 is 25.8 Å². The molecule has 2 aromatic heterocycles. The molecule has 6 aromatic carbocycles. The molecule has 0 N–H and O–H groups in total. The second-order valence-electron chi connectivity index (χ2n) is 21.2. The first-order valence-corrected chi connectivity index (χ1v) is 22.2. The molecule has 0 unspecified atom stereocenters. The van der Waals surface area contributed by atoms with Gasteiger partial charge in [0.2, 0.25) is 0 Å². The van der Waals surface area contributed by atoms with Crippen LogP contribution in [0, 0.1) is 18.8 Å². The maximum absolute atomic E-state index is 6.90. The molecule has 1 aliphatic rings. The van der Waals surface area contributed by atoms with Gasteiger partial charge in [0, 0.05) is 66.9 Å². The molecule has 0 bridgehead atoms. The average molecular weight is 1020 g/mol. The van der Waals surface area contributed by atoms with Crippen molar-refractivity contribution in [2.75, 3.05) is 9.80 Å². The van der Waals surface area contributed by atoms with Crippen LogP contribution in [0.3, 0.4) is 0 Å². The van der Waals surface area contributed by atoms with E-state index in [4.69, 9.17) is 9.72 Å². The molecule has 6 heteroatoms. The summed E-state index contributed by atoms with van der Waals surface area (Å²) < 4.78 is 9.11. The van der Waals surface area contributed by atoms with E-state index in [1.54, 1.807) is 0 Å². The number of pyridine rings is 1. The molecular weight excluding hydrogens is 964 g/mol. The largest absolute Gasteiger partial charge is 0.509 e. The first kappa shape index (κ1) is 44.9. The Hall–Kier alpha value is -5.64. The first-order valence-electron chi connectivity index (χ1n) is 22.2. The Morgan fingerprint density at radius 1 is 0.516 bits per heavy atom. The van der Waals surface area contributed by atoms with Gasteiger partial charge in [0.1, 0.15) is 5.82 Å². The van der Waals surface area contributed by atoms with Crippen molar-refractivity contribution in [2.24, 2.45) is 0 Å². The number of rotatable bonds is 6. The SMILES string of the molecule is CC(C)(C)c1cc(Oc2[c-]c3c(cc2)c2ccccc2n3-c2cc(C(C)(C)C)ccn2)[c-]c(N2[CH-]N(c3cccc(C(C)(C)C)c3-c3ccccc3)c3ccc(C(C)(C)C)cc32)c1.[Pt]. The van der Waals surface area contributed by atoms with Crippen LogP contribution in [0.4, 0.5) is 22.7 Å². The van der Waals surface area contributed by atoms with Gasteiger partial charge in [-0.25, -0.2) is 4.98 Å². The van der Waals surface area contributed by atoms with E-state index >= 15 is 0 Å². The molecule has 5 nitrogen and oxygen atoms in total. The third kappa shape index (κ3) is 8.40. The number of nitrogens with zero attached hydrogens (tertiary/aromatic N) is 4. The van der Waals surface area contributed by atoms with Gasteiger partial charge in [0.15, 0.2) is 0 Å². The van der Waals surface area contributed by atoms with Gasteiger partial charge >= 0.3 is 0 Å². The number of aromatic nitrogens is 2.